The SMILES string of the molecule is O=C(c1cccc(N2CCNC2=O)c1)N1C[C@H]2C[C@@H](Oc3ccccc3F)[C@H](O)C[C@H]2C1. The van der Waals surface area contributed by atoms with Gasteiger partial charge in [-0.15, -0.1) is 0 Å². The molecule has 2 heterocycles. The van der Waals surface area contributed by atoms with Gasteiger partial charge in [-0.25, -0.2) is 9.18 Å². The molecule has 2 aromatic carbocycles. The minimum Gasteiger partial charge on any atom is -0.485 e. The quantitative estimate of drug-likeness (QED) is 0.768. The predicted molar refractivity (Wildman–Crippen MR) is 116 cm³/mol. The Morgan fingerprint density at radius 2 is 1.88 bits per heavy atom. The third-order valence-corrected chi connectivity index (χ3v) is 6.75. The van der Waals surface area contributed by atoms with Crippen molar-refractivity contribution < 1.29 is 23.8 Å². The average Bonchev–Trinajstić information content (AvgIpc) is 3.41. The van der Waals surface area contributed by atoms with Crippen molar-refractivity contribution in [2.45, 2.75) is 25.0 Å². The Balaban J connectivity index is 1.26. The zero-order valence-electron chi connectivity index (χ0n) is 17.6. The predicted octanol–water partition coefficient (Wildman–Crippen LogP) is 2.65. The van der Waals surface area contributed by atoms with Crippen molar-refractivity contribution in [1.82, 2.24) is 10.2 Å². The van der Waals surface area contributed by atoms with Crippen molar-refractivity contribution in [1.29, 1.82) is 0 Å². The molecular weight excluding hydrogens is 413 g/mol. The van der Waals surface area contributed by atoms with Gasteiger partial charge in [0.25, 0.3) is 5.91 Å². The van der Waals surface area contributed by atoms with E-state index in [-0.39, 0.29) is 29.5 Å². The van der Waals surface area contributed by atoms with Crippen LogP contribution in [0.5, 0.6) is 5.75 Å². The van der Waals surface area contributed by atoms with Gasteiger partial charge >= 0.3 is 6.03 Å². The first-order valence-electron chi connectivity index (χ1n) is 11.0. The second-order valence-electron chi connectivity index (χ2n) is 8.79. The molecule has 3 amide bonds. The molecule has 168 valence electrons. The van der Waals surface area contributed by atoms with Crippen molar-refractivity contribution in [2.24, 2.45) is 11.8 Å². The van der Waals surface area contributed by atoms with Crippen LogP contribution in [0.25, 0.3) is 0 Å². The minimum atomic E-state index is -0.706. The van der Waals surface area contributed by atoms with Crippen molar-refractivity contribution in [3.63, 3.8) is 0 Å². The molecule has 32 heavy (non-hydrogen) atoms. The number of ether oxygens (including phenoxy) is 1. The second kappa shape index (κ2) is 8.43. The largest absolute Gasteiger partial charge is 0.485 e. The molecule has 0 unspecified atom stereocenters. The van der Waals surface area contributed by atoms with Gasteiger partial charge in [-0.1, -0.05) is 18.2 Å². The van der Waals surface area contributed by atoms with Gasteiger partial charge in [0.2, 0.25) is 0 Å². The van der Waals surface area contributed by atoms with E-state index in [1.807, 2.05) is 11.0 Å². The first kappa shape index (κ1) is 20.8. The van der Waals surface area contributed by atoms with Crippen LogP contribution in [0.1, 0.15) is 23.2 Å². The number of carbonyl (C=O) groups is 2. The molecule has 0 spiro atoms. The number of para-hydroxylation sites is 1. The number of benzene rings is 2. The lowest BCUT2D eigenvalue weighted by Crippen LogP contribution is -2.42. The molecular formula is C24H26FN3O4. The van der Waals surface area contributed by atoms with Gasteiger partial charge in [0.05, 0.1) is 6.10 Å². The van der Waals surface area contributed by atoms with Gasteiger partial charge in [0.1, 0.15) is 6.10 Å². The van der Waals surface area contributed by atoms with Gasteiger partial charge in [0.15, 0.2) is 11.6 Å². The molecule has 3 fully saturated rings. The summed E-state index contributed by atoms with van der Waals surface area (Å²) in [5, 5.41) is 13.4. The van der Waals surface area contributed by atoms with Gasteiger partial charge in [-0.2, -0.15) is 0 Å². The number of halogens is 1. The fraction of sp³-hybridized carbons (Fsp3) is 0.417. The highest BCUT2D eigenvalue weighted by molar-refractivity contribution is 5.98. The number of nitrogens with zero attached hydrogens (tertiary/aromatic N) is 2. The maximum Gasteiger partial charge on any atom is 0.321 e. The third kappa shape index (κ3) is 3.90. The standard InChI is InChI=1S/C24H26FN3O4/c25-19-6-1-2-7-21(19)32-22-12-17-14-27(13-16(17)11-20(22)29)23(30)15-4-3-5-18(10-15)28-9-8-26-24(28)31/h1-7,10,16-17,20,22,29H,8-9,11-14H2,(H,26,31)/t16-,17+,20+,22+/m0/s1. The molecule has 3 aliphatic rings. The van der Waals surface area contributed by atoms with E-state index < -0.39 is 18.0 Å². The first-order valence-corrected chi connectivity index (χ1v) is 11.0. The fourth-order valence-corrected chi connectivity index (χ4v) is 5.09. The summed E-state index contributed by atoms with van der Waals surface area (Å²) in [6.07, 6.45) is -0.123. The third-order valence-electron chi connectivity index (χ3n) is 6.75. The zero-order valence-corrected chi connectivity index (χ0v) is 17.6. The van der Waals surface area contributed by atoms with Crippen LogP contribution in [0.4, 0.5) is 14.9 Å². The average molecular weight is 439 g/mol. The van der Waals surface area contributed by atoms with Gasteiger partial charge in [-0.05, 0) is 55.0 Å². The van der Waals surface area contributed by atoms with Gasteiger partial charge in [0, 0.05) is 37.4 Å². The van der Waals surface area contributed by atoms with Crippen LogP contribution in [-0.4, -0.2) is 60.3 Å². The summed E-state index contributed by atoms with van der Waals surface area (Å²) in [5.41, 5.74) is 1.25. The lowest BCUT2D eigenvalue weighted by atomic mass is 9.78. The molecule has 8 heteroatoms. The second-order valence-corrected chi connectivity index (χ2v) is 8.79. The molecule has 0 radical (unpaired) electrons. The summed E-state index contributed by atoms with van der Waals surface area (Å²) in [6.45, 7) is 2.31. The lowest BCUT2D eigenvalue weighted by Gasteiger charge is -2.35. The minimum absolute atomic E-state index is 0.0816. The highest BCUT2D eigenvalue weighted by Gasteiger charge is 2.44. The maximum atomic E-state index is 14.0. The number of likely N-dealkylation sites (tertiary alicyclic amines) is 1. The van der Waals surface area contributed by atoms with Crippen molar-refractivity contribution >= 4 is 17.6 Å². The molecule has 0 aromatic heterocycles. The number of rotatable bonds is 4. The number of aliphatic hydroxyl groups is 1. The summed E-state index contributed by atoms with van der Waals surface area (Å²) >= 11 is 0. The Morgan fingerprint density at radius 1 is 1.09 bits per heavy atom. The smallest absolute Gasteiger partial charge is 0.321 e. The highest BCUT2D eigenvalue weighted by atomic mass is 19.1. The van der Waals surface area contributed by atoms with Crippen LogP contribution in [0.3, 0.4) is 0 Å². The molecule has 4 atom stereocenters. The summed E-state index contributed by atoms with van der Waals surface area (Å²) in [6, 6.07) is 13.2. The van der Waals surface area contributed by atoms with Crippen molar-refractivity contribution in [3.8, 4) is 5.75 Å². The van der Waals surface area contributed by atoms with E-state index in [2.05, 4.69) is 5.32 Å². The molecule has 2 N–H and O–H groups in total. The number of urea groups is 1. The molecule has 2 saturated heterocycles. The van der Waals surface area contributed by atoms with Crippen molar-refractivity contribution in [3.05, 3.63) is 59.9 Å². The Morgan fingerprint density at radius 3 is 2.62 bits per heavy atom. The summed E-state index contributed by atoms with van der Waals surface area (Å²) in [5.74, 6) is -0.0177. The number of amides is 3. The van der Waals surface area contributed by atoms with Gasteiger partial charge < -0.3 is 20.1 Å². The van der Waals surface area contributed by atoms with E-state index in [0.717, 1.165) is 0 Å². The van der Waals surface area contributed by atoms with E-state index in [0.29, 0.717) is 50.3 Å². The summed E-state index contributed by atoms with van der Waals surface area (Å²) in [7, 11) is 0. The van der Waals surface area contributed by atoms with E-state index in [4.69, 9.17) is 4.74 Å². The van der Waals surface area contributed by atoms with Crippen LogP contribution in [0.15, 0.2) is 48.5 Å². The number of fused-ring (bicyclic) bond motifs is 1. The summed E-state index contributed by atoms with van der Waals surface area (Å²) < 4.78 is 19.8. The Bertz CT molecular complexity index is 1030. The summed E-state index contributed by atoms with van der Waals surface area (Å²) in [4.78, 5) is 28.6. The normalized spacial score (nSPS) is 27.2. The van der Waals surface area contributed by atoms with Crippen LogP contribution in [0, 0.1) is 17.7 Å². The molecule has 5 rings (SSSR count). The van der Waals surface area contributed by atoms with Crippen molar-refractivity contribution in [2.75, 3.05) is 31.1 Å². The molecule has 1 aliphatic carbocycles. The number of carbonyl (C=O) groups excluding carboxylic acids is 2. The lowest BCUT2D eigenvalue weighted by molar-refractivity contribution is -0.0246. The van der Waals surface area contributed by atoms with E-state index in [1.54, 1.807) is 41.3 Å². The van der Waals surface area contributed by atoms with Gasteiger partial charge in [-0.3, -0.25) is 9.69 Å². The Kier molecular flexibility index (Phi) is 5.46. The number of hydrogen-bond donors (Lipinski definition) is 2. The maximum absolute atomic E-state index is 14.0. The molecule has 2 aliphatic heterocycles. The number of aliphatic hydroxyl groups excluding tert-OH is 1. The highest BCUT2D eigenvalue weighted by Crippen LogP contribution is 2.39. The Hall–Kier alpha value is -3.13. The molecule has 0 bridgehead atoms. The van der Waals surface area contributed by atoms with Crippen LogP contribution >= 0.6 is 0 Å². The van der Waals surface area contributed by atoms with E-state index in [1.165, 1.54) is 6.07 Å². The van der Waals surface area contributed by atoms with E-state index in [9.17, 15) is 19.1 Å². The number of anilines is 1. The number of nitrogens with one attached hydrogen (secondary N) is 1. The number of hydrogen-bond acceptors (Lipinski definition) is 4. The molecule has 7 nitrogen and oxygen atoms in total. The van der Waals surface area contributed by atoms with Crippen LogP contribution in [0.2, 0.25) is 0 Å². The van der Waals surface area contributed by atoms with E-state index >= 15 is 0 Å². The molecule has 2 aromatic rings. The monoisotopic (exact) mass is 439 g/mol. The topological polar surface area (TPSA) is 82.1 Å². The zero-order chi connectivity index (χ0) is 22.2. The molecule has 1 saturated carbocycles. The van der Waals surface area contributed by atoms with Crippen LogP contribution < -0.4 is 15.0 Å². The Labute approximate surface area is 185 Å². The fourth-order valence-electron chi connectivity index (χ4n) is 5.09. The first-order chi connectivity index (χ1) is 15.5. The van der Waals surface area contributed by atoms with Crippen LogP contribution in [-0.2, 0) is 0 Å².